The topological polar surface area (TPSA) is 40.5 Å². The summed E-state index contributed by atoms with van der Waals surface area (Å²) in [6, 6.07) is 27.3. The van der Waals surface area contributed by atoms with Gasteiger partial charge >= 0.3 is 0 Å². The smallest absolute Gasteiger partial charge is 0.142 e. The lowest BCUT2D eigenvalue weighted by molar-refractivity contribution is 0.0749. The number of aliphatic hydroxyl groups is 2. The third kappa shape index (κ3) is 2.92. The molecule has 2 unspecified atom stereocenters. The molecule has 1 aliphatic carbocycles. The van der Waals surface area contributed by atoms with Gasteiger partial charge in [-0.15, -0.1) is 0 Å². The molecule has 5 heteroatoms. The first-order valence-electron chi connectivity index (χ1n) is 9.73. The Morgan fingerprint density at radius 1 is 0.548 bits per heavy atom. The number of rotatable bonds is 2. The van der Waals surface area contributed by atoms with Gasteiger partial charge in [0, 0.05) is 36.8 Å². The van der Waals surface area contributed by atoms with Gasteiger partial charge in [0.05, 0.1) is 0 Å². The quantitative estimate of drug-likeness (QED) is 0.316. The van der Waals surface area contributed by atoms with Gasteiger partial charge in [-0.3, -0.25) is 0 Å². The van der Waals surface area contributed by atoms with Crippen molar-refractivity contribution in [1.29, 1.82) is 0 Å². The van der Waals surface area contributed by atoms with Crippen molar-refractivity contribution >= 4 is 39.1 Å². The van der Waals surface area contributed by atoms with Crippen LogP contribution in [0.1, 0.15) is 33.4 Å². The van der Waals surface area contributed by atoms with Gasteiger partial charge in [0.1, 0.15) is 11.2 Å². The Bertz CT molecular complexity index is 1290. The Labute approximate surface area is 198 Å². The second-order valence-electron chi connectivity index (χ2n) is 7.62. The van der Waals surface area contributed by atoms with E-state index in [1.165, 1.54) is 0 Å². The highest BCUT2D eigenvalue weighted by Gasteiger charge is 2.52. The van der Waals surface area contributed by atoms with E-state index in [0.29, 0.717) is 43.4 Å². The van der Waals surface area contributed by atoms with E-state index < -0.39 is 11.2 Å². The van der Waals surface area contributed by atoms with Crippen LogP contribution in [0.4, 0.5) is 0 Å². The molecule has 4 aromatic rings. The van der Waals surface area contributed by atoms with Crippen LogP contribution < -0.4 is 0 Å². The highest BCUT2D eigenvalue weighted by Crippen LogP contribution is 2.56. The van der Waals surface area contributed by atoms with Gasteiger partial charge in [0.25, 0.3) is 0 Å². The summed E-state index contributed by atoms with van der Waals surface area (Å²) < 4.78 is 0.891. The van der Waals surface area contributed by atoms with Crippen molar-refractivity contribution in [2.75, 3.05) is 0 Å². The van der Waals surface area contributed by atoms with Gasteiger partial charge in [-0.1, -0.05) is 106 Å². The van der Waals surface area contributed by atoms with E-state index in [0.717, 1.165) is 4.47 Å². The molecule has 2 N–H and O–H groups in total. The molecule has 0 aromatic heterocycles. The zero-order valence-corrected chi connectivity index (χ0v) is 19.3. The Kier molecular flexibility index (Phi) is 5.00. The van der Waals surface area contributed by atoms with Crippen molar-refractivity contribution in [3.05, 3.63) is 139 Å². The van der Waals surface area contributed by atoms with E-state index in [-0.39, 0.29) is 0 Å². The number of hydrogen-bond donors (Lipinski definition) is 2. The average molecular weight is 512 g/mol. The number of halogens is 3. The summed E-state index contributed by atoms with van der Waals surface area (Å²) in [4.78, 5) is 0. The average Bonchev–Trinajstić information content (AvgIpc) is 2.78. The normalized spacial score (nSPS) is 22.0. The molecule has 0 heterocycles. The summed E-state index contributed by atoms with van der Waals surface area (Å²) >= 11 is 16.9. The highest BCUT2D eigenvalue weighted by atomic mass is 79.9. The fourth-order valence-corrected chi connectivity index (χ4v) is 5.51. The molecule has 0 fully saturated rings. The fraction of sp³-hybridized carbons (Fsp3) is 0.0769. The molecule has 0 amide bonds. The van der Waals surface area contributed by atoms with Crippen LogP contribution in [-0.2, 0) is 11.2 Å². The minimum atomic E-state index is -1.60. The zero-order chi connectivity index (χ0) is 21.8. The molecule has 0 radical (unpaired) electrons. The summed E-state index contributed by atoms with van der Waals surface area (Å²) in [5.41, 5.74) is -0.0316. The van der Waals surface area contributed by atoms with E-state index in [2.05, 4.69) is 15.9 Å². The van der Waals surface area contributed by atoms with Crippen LogP contribution in [0.5, 0.6) is 0 Å². The molecule has 5 rings (SSSR count). The van der Waals surface area contributed by atoms with Crippen molar-refractivity contribution in [3.63, 3.8) is 0 Å². The van der Waals surface area contributed by atoms with Gasteiger partial charge in [-0.2, -0.15) is 0 Å². The molecular weight excluding hydrogens is 495 g/mol. The molecular formula is C26H17BrCl2O2. The van der Waals surface area contributed by atoms with Gasteiger partial charge in [0.15, 0.2) is 0 Å². The number of hydrogen-bond acceptors (Lipinski definition) is 2. The van der Waals surface area contributed by atoms with Gasteiger partial charge < -0.3 is 10.2 Å². The lowest BCUT2D eigenvalue weighted by Crippen LogP contribution is -2.44. The van der Waals surface area contributed by atoms with Crippen LogP contribution in [0.2, 0.25) is 10.0 Å². The predicted molar refractivity (Wildman–Crippen MR) is 128 cm³/mol. The molecule has 0 bridgehead atoms. The monoisotopic (exact) mass is 510 g/mol. The Hall–Kier alpha value is -2.14. The number of fused-ring (bicyclic) bond motifs is 2. The summed E-state index contributed by atoms with van der Waals surface area (Å²) in [7, 11) is 0. The Balaban J connectivity index is 1.96. The standard InChI is InChI=1S/C26H17BrCl2O2/c27-18-14-12-17(13-15-18)26(31)20-9-5-10-21(28)23(20)25(30,16-6-2-1-3-7-16)19-8-4-11-22(29)24(19)26/h1-15,30-31H. The highest BCUT2D eigenvalue weighted by molar-refractivity contribution is 9.10. The van der Waals surface area contributed by atoms with Crippen molar-refractivity contribution in [2.24, 2.45) is 0 Å². The maximum absolute atomic E-state index is 12.4. The largest absolute Gasteiger partial charge is 0.376 e. The molecule has 0 saturated carbocycles. The maximum atomic E-state index is 12.4. The molecule has 31 heavy (non-hydrogen) atoms. The van der Waals surface area contributed by atoms with E-state index in [9.17, 15) is 10.2 Å². The Morgan fingerprint density at radius 3 is 1.48 bits per heavy atom. The summed E-state index contributed by atoms with van der Waals surface area (Å²) in [6.45, 7) is 0. The molecule has 0 spiro atoms. The lowest BCUT2D eigenvalue weighted by Gasteiger charge is -2.46. The van der Waals surface area contributed by atoms with Crippen LogP contribution in [0, 0.1) is 0 Å². The SMILES string of the molecule is OC1(c2ccccc2)c2cccc(Cl)c2C(O)(c2ccc(Br)cc2)c2cccc(Cl)c21. The Morgan fingerprint density at radius 2 is 1.00 bits per heavy atom. The second kappa shape index (κ2) is 7.47. The third-order valence-electron chi connectivity index (χ3n) is 5.98. The van der Waals surface area contributed by atoms with Gasteiger partial charge in [0.2, 0.25) is 0 Å². The van der Waals surface area contributed by atoms with E-state index in [1.807, 2.05) is 54.6 Å². The zero-order valence-electron chi connectivity index (χ0n) is 16.2. The van der Waals surface area contributed by atoms with Crippen molar-refractivity contribution < 1.29 is 10.2 Å². The van der Waals surface area contributed by atoms with Gasteiger partial charge in [-0.25, -0.2) is 0 Å². The molecule has 2 nitrogen and oxygen atoms in total. The lowest BCUT2D eigenvalue weighted by atomic mass is 9.63. The van der Waals surface area contributed by atoms with Crippen LogP contribution in [0.25, 0.3) is 0 Å². The van der Waals surface area contributed by atoms with Gasteiger partial charge in [-0.05, 0) is 35.4 Å². The van der Waals surface area contributed by atoms with Crippen LogP contribution in [-0.4, -0.2) is 10.2 Å². The molecule has 1 aliphatic rings. The van der Waals surface area contributed by atoms with Crippen molar-refractivity contribution in [2.45, 2.75) is 11.2 Å². The first-order valence-corrected chi connectivity index (χ1v) is 11.3. The molecule has 0 saturated heterocycles. The maximum Gasteiger partial charge on any atom is 0.142 e. The minimum absolute atomic E-state index is 0.364. The fourth-order valence-electron chi connectivity index (χ4n) is 4.63. The van der Waals surface area contributed by atoms with Crippen LogP contribution >= 0.6 is 39.1 Å². The van der Waals surface area contributed by atoms with Crippen molar-refractivity contribution in [1.82, 2.24) is 0 Å². The van der Waals surface area contributed by atoms with Crippen LogP contribution in [0.3, 0.4) is 0 Å². The summed E-state index contributed by atoms with van der Waals surface area (Å²) in [6.07, 6.45) is 0. The second-order valence-corrected chi connectivity index (χ2v) is 9.35. The van der Waals surface area contributed by atoms with E-state index in [1.54, 1.807) is 36.4 Å². The molecule has 2 atom stereocenters. The third-order valence-corrected chi connectivity index (χ3v) is 7.14. The van der Waals surface area contributed by atoms with E-state index >= 15 is 0 Å². The first kappa shape index (κ1) is 20.7. The molecule has 0 aliphatic heterocycles. The minimum Gasteiger partial charge on any atom is -0.376 e. The van der Waals surface area contributed by atoms with Crippen LogP contribution in [0.15, 0.2) is 95.5 Å². The molecule has 4 aromatic carbocycles. The first-order chi connectivity index (χ1) is 14.9. The van der Waals surface area contributed by atoms with E-state index in [4.69, 9.17) is 23.2 Å². The molecule has 154 valence electrons. The summed E-state index contributed by atoms with van der Waals surface area (Å²) in [5.74, 6) is 0. The number of benzene rings is 4. The summed E-state index contributed by atoms with van der Waals surface area (Å²) in [5, 5.41) is 25.4. The van der Waals surface area contributed by atoms with Crippen molar-refractivity contribution in [3.8, 4) is 0 Å². The predicted octanol–water partition coefficient (Wildman–Crippen LogP) is 6.64.